The fraction of sp³-hybridized carbons (Fsp3) is 0.333. The normalized spacial score (nSPS) is 11.1. The minimum atomic E-state index is -0.149. The molecule has 23 heavy (non-hydrogen) atoms. The van der Waals surface area contributed by atoms with Crippen LogP contribution >= 0.6 is 22.7 Å². The Balaban J connectivity index is 1.62. The van der Waals surface area contributed by atoms with Gasteiger partial charge < -0.3 is 9.73 Å². The second kappa shape index (κ2) is 6.59. The van der Waals surface area contributed by atoms with Crippen molar-refractivity contribution in [1.82, 2.24) is 15.2 Å². The number of amides is 1. The van der Waals surface area contributed by atoms with Crippen LogP contribution in [0.15, 0.2) is 21.9 Å². The Kier molecular flexibility index (Phi) is 4.53. The summed E-state index contributed by atoms with van der Waals surface area (Å²) in [4.78, 5) is 16.5. The number of nitrogens with one attached hydrogen (secondary N) is 1. The molecule has 0 aromatic carbocycles. The molecule has 3 aromatic heterocycles. The first-order valence-corrected chi connectivity index (χ1v) is 8.85. The van der Waals surface area contributed by atoms with Crippen LogP contribution in [0.4, 0.5) is 5.13 Å². The number of furan rings is 1. The highest BCUT2D eigenvalue weighted by molar-refractivity contribution is 7.15. The molecule has 0 unspecified atom stereocenters. The molecular weight excluding hydrogens is 332 g/mol. The lowest BCUT2D eigenvalue weighted by Crippen LogP contribution is -2.14. The number of rotatable bonds is 5. The summed E-state index contributed by atoms with van der Waals surface area (Å²) in [6.45, 7) is 5.97. The van der Waals surface area contributed by atoms with Crippen LogP contribution in [0.3, 0.4) is 0 Å². The molecule has 0 spiro atoms. The number of aromatic nitrogens is 3. The number of carbonyl (C=O) groups excluding carboxylic acids is 1. The zero-order chi connectivity index (χ0) is 16.4. The van der Waals surface area contributed by atoms with Crippen LogP contribution in [0.2, 0.25) is 0 Å². The summed E-state index contributed by atoms with van der Waals surface area (Å²) >= 11 is 2.86. The molecule has 0 radical (unpaired) electrons. The third-order valence-electron chi connectivity index (χ3n) is 3.03. The lowest BCUT2D eigenvalue weighted by Gasteiger charge is -1.98. The van der Waals surface area contributed by atoms with E-state index in [-0.39, 0.29) is 12.3 Å². The zero-order valence-corrected chi connectivity index (χ0v) is 14.6. The van der Waals surface area contributed by atoms with Crippen molar-refractivity contribution in [2.45, 2.75) is 33.1 Å². The second-order valence-electron chi connectivity index (χ2n) is 5.38. The highest BCUT2D eigenvalue weighted by Gasteiger charge is 2.14. The average molecular weight is 348 g/mol. The number of aryl methyl sites for hydroxylation is 1. The van der Waals surface area contributed by atoms with Crippen LogP contribution in [0, 0.1) is 6.92 Å². The Morgan fingerprint density at radius 3 is 2.83 bits per heavy atom. The summed E-state index contributed by atoms with van der Waals surface area (Å²) in [6.07, 6.45) is 0.201. The van der Waals surface area contributed by atoms with E-state index in [2.05, 4.69) is 20.5 Å². The molecule has 3 aromatic rings. The van der Waals surface area contributed by atoms with Crippen LogP contribution in [-0.2, 0) is 11.2 Å². The monoisotopic (exact) mass is 348 g/mol. The Morgan fingerprint density at radius 2 is 2.17 bits per heavy atom. The highest BCUT2D eigenvalue weighted by Crippen LogP contribution is 2.26. The number of hydrogen-bond donors (Lipinski definition) is 1. The number of anilines is 1. The maximum absolute atomic E-state index is 12.1. The maximum atomic E-state index is 12.1. The maximum Gasteiger partial charge on any atom is 0.232 e. The molecule has 120 valence electrons. The number of carbonyl (C=O) groups is 1. The van der Waals surface area contributed by atoms with E-state index in [9.17, 15) is 4.79 Å². The lowest BCUT2D eigenvalue weighted by atomic mass is 10.2. The molecule has 1 N–H and O–H groups in total. The van der Waals surface area contributed by atoms with Gasteiger partial charge in [0.2, 0.25) is 11.0 Å². The van der Waals surface area contributed by atoms with E-state index < -0.39 is 0 Å². The van der Waals surface area contributed by atoms with E-state index in [1.54, 1.807) is 0 Å². The largest absolute Gasteiger partial charge is 0.459 e. The molecular formula is C15H16N4O2S2. The van der Waals surface area contributed by atoms with Gasteiger partial charge in [0, 0.05) is 11.3 Å². The lowest BCUT2D eigenvalue weighted by molar-refractivity contribution is -0.115. The first-order chi connectivity index (χ1) is 11.0. The van der Waals surface area contributed by atoms with E-state index >= 15 is 0 Å². The average Bonchev–Trinajstić information content (AvgIpc) is 3.19. The molecule has 3 rings (SSSR count). The van der Waals surface area contributed by atoms with Gasteiger partial charge in [-0.2, -0.15) is 0 Å². The SMILES string of the molecule is Cc1ccc(-c2nc(CC(=O)Nc3nnc(C(C)C)s3)cs2)o1. The number of hydrogen-bond acceptors (Lipinski definition) is 7. The van der Waals surface area contributed by atoms with Crippen molar-refractivity contribution in [3.8, 4) is 10.8 Å². The third-order valence-corrected chi connectivity index (χ3v) is 5.07. The number of nitrogens with zero attached hydrogens (tertiary/aromatic N) is 3. The van der Waals surface area contributed by atoms with Crippen LogP contribution in [0.25, 0.3) is 10.8 Å². The van der Waals surface area contributed by atoms with Gasteiger partial charge in [-0.15, -0.1) is 21.5 Å². The summed E-state index contributed by atoms with van der Waals surface area (Å²) in [5.41, 5.74) is 0.713. The Labute approximate surface area is 141 Å². The molecule has 0 saturated carbocycles. The van der Waals surface area contributed by atoms with Gasteiger partial charge in [0.15, 0.2) is 10.8 Å². The topological polar surface area (TPSA) is 80.9 Å². The predicted octanol–water partition coefficient (Wildman–Crippen LogP) is 3.87. The fourth-order valence-corrected chi connectivity index (χ4v) is 3.44. The van der Waals surface area contributed by atoms with Crippen LogP contribution in [0.1, 0.15) is 36.2 Å². The molecule has 6 nitrogen and oxygen atoms in total. The van der Waals surface area contributed by atoms with Crippen molar-refractivity contribution in [1.29, 1.82) is 0 Å². The van der Waals surface area contributed by atoms with Gasteiger partial charge in [-0.1, -0.05) is 25.2 Å². The van der Waals surface area contributed by atoms with Crippen LogP contribution in [-0.4, -0.2) is 21.1 Å². The molecule has 0 aliphatic heterocycles. The number of thiazole rings is 1. The summed E-state index contributed by atoms with van der Waals surface area (Å²) in [6, 6.07) is 3.78. The van der Waals surface area contributed by atoms with Gasteiger partial charge in [-0.3, -0.25) is 4.79 Å². The first-order valence-electron chi connectivity index (χ1n) is 7.15. The fourth-order valence-electron chi connectivity index (χ4n) is 1.90. The minimum absolute atomic E-state index is 0.149. The smallest absolute Gasteiger partial charge is 0.232 e. The summed E-state index contributed by atoms with van der Waals surface area (Å²) in [5, 5.41) is 14.9. The van der Waals surface area contributed by atoms with Crippen molar-refractivity contribution in [3.05, 3.63) is 34.0 Å². The van der Waals surface area contributed by atoms with E-state index in [1.807, 2.05) is 38.3 Å². The second-order valence-corrected chi connectivity index (χ2v) is 7.25. The van der Waals surface area contributed by atoms with E-state index in [0.717, 1.165) is 21.5 Å². The molecule has 0 aliphatic rings. The van der Waals surface area contributed by atoms with Crippen molar-refractivity contribution in [2.75, 3.05) is 5.32 Å². The molecule has 0 aliphatic carbocycles. The van der Waals surface area contributed by atoms with Gasteiger partial charge in [-0.05, 0) is 19.1 Å². The van der Waals surface area contributed by atoms with Crippen molar-refractivity contribution in [3.63, 3.8) is 0 Å². The van der Waals surface area contributed by atoms with E-state index in [0.29, 0.717) is 16.7 Å². The molecule has 1 amide bonds. The molecule has 0 fully saturated rings. The van der Waals surface area contributed by atoms with Gasteiger partial charge in [0.05, 0.1) is 12.1 Å². The molecule has 0 bridgehead atoms. The quantitative estimate of drug-likeness (QED) is 0.757. The van der Waals surface area contributed by atoms with Crippen LogP contribution < -0.4 is 5.32 Å². The minimum Gasteiger partial charge on any atom is -0.459 e. The van der Waals surface area contributed by atoms with Gasteiger partial charge >= 0.3 is 0 Å². The summed E-state index contributed by atoms with van der Waals surface area (Å²) in [7, 11) is 0. The zero-order valence-electron chi connectivity index (χ0n) is 13.0. The van der Waals surface area contributed by atoms with Gasteiger partial charge in [-0.25, -0.2) is 4.98 Å². The molecule has 0 saturated heterocycles. The summed E-state index contributed by atoms with van der Waals surface area (Å²) < 4.78 is 5.54. The first kappa shape index (κ1) is 15.8. The molecule has 3 heterocycles. The molecule has 8 heteroatoms. The van der Waals surface area contributed by atoms with Gasteiger partial charge in [0.25, 0.3) is 0 Å². The third kappa shape index (κ3) is 3.83. The Hall–Kier alpha value is -2.06. The Bertz CT molecular complexity index is 819. The summed E-state index contributed by atoms with van der Waals surface area (Å²) in [5.74, 6) is 1.72. The van der Waals surface area contributed by atoms with Gasteiger partial charge in [0.1, 0.15) is 10.8 Å². The molecule has 0 atom stereocenters. The Morgan fingerprint density at radius 1 is 1.35 bits per heavy atom. The van der Waals surface area contributed by atoms with Crippen molar-refractivity contribution >= 4 is 33.7 Å². The van der Waals surface area contributed by atoms with E-state index in [1.165, 1.54) is 22.7 Å². The predicted molar refractivity (Wildman–Crippen MR) is 90.9 cm³/mol. The van der Waals surface area contributed by atoms with Crippen molar-refractivity contribution < 1.29 is 9.21 Å². The van der Waals surface area contributed by atoms with Crippen molar-refractivity contribution in [2.24, 2.45) is 0 Å². The highest BCUT2D eigenvalue weighted by atomic mass is 32.1. The van der Waals surface area contributed by atoms with E-state index in [4.69, 9.17) is 4.42 Å². The van der Waals surface area contributed by atoms with Crippen LogP contribution in [0.5, 0.6) is 0 Å². The standard InChI is InChI=1S/C15H16N4O2S2/c1-8(2)13-18-19-15(23-13)17-12(20)6-10-7-22-14(16-10)11-5-4-9(3)21-11/h4-5,7-8H,6H2,1-3H3,(H,17,19,20).